The van der Waals surface area contributed by atoms with Crippen LogP contribution in [0.25, 0.3) is 5.69 Å². The van der Waals surface area contributed by atoms with E-state index in [0.717, 1.165) is 16.9 Å². The van der Waals surface area contributed by atoms with E-state index in [2.05, 4.69) is 5.10 Å². The van der Waals surface area contributed by atoms with Crippen LogP contribution in [-0.2, 0) is 23.1 Å². The van der Waals surface area contributed by atoms with E-state index in [9.17, 15) is 14.3 Å². The van der Waals surface area contributed by atoms with Gasteiger partial charge in [0, 0.05) is 17.1 Å². The highest BCUT2D eigenvalue weighted by Crippen LogP contribution is 2.43. The monoisotopic (exact) mass is 384 g/mol. The van der Waals surface area contributed by atoms with Crippen molar-refractivity contribution in [1.29, 1.82) is 0 Å². The van der Waals surface area contributed by atoms with Crippen LogP contribution in [0.15, 0.2) is 48.7 Å². The van der Waals surface area contributed by atoms with Crippen LogP contribution >= 0.6 is 11.6 Å². The number of halogens is 2. The van der Waals surface area contributed by atoms with Gasteiger partial charge in [0.05, 0.1) is 17.3 Å². The molecule has 1 aliphatic carbocycles. The Hall–Kier alpha value is -2.50. The summed E-state index contributed by atoms with van der Waals surface area (Å²) in [5.74, 6) is -0.664. The molecule has 0 amide bonds. The topological polar surface area (TPSA) is 55.1 Å². The van der Waals surface area contributed by atoms with Crippen molar-refractivity contribution in [3.8, 4) is 5.69 Å². The molecule has 138 valence electrons. The maximum atomic E-state index is 14.2. The van der Waals surface area contributed by atoms with Crippen LogP contribution in [0.1, 0.15) is 22.4 Å². The fraction of sp³-hybridized carbons (Fsp3) is 0.238. The Morgan fingerprint density at radius 3 is 2.70 bits per heavy atom. The summed E-state index contributed by atoms with van der Waals surface area (Å²) in [4.78, 5) is 12.8. The predicted molar refractivity (Wildman–Crippen MR) is 101 cm³/mol. The van der Waals surface area contributed by atoms with Crippen molar-refractivity contribution < 1.29 is 14.3 Å². The zero-order valence-electron chi connectivity index (χ0n) is 14.7. The molecule has 27 heavy (non-hydrogen) atoms. The minimum atomic E-state index is -0.983. The third-order valence-electron chi connectivity index (χ3n) is 5.45. The summed E-state index contributed by atoms with van der Waals surface area (Å²) in [5.41, 5.74) is 2.74. The van der Waals surface area contributed by atoms with Gasteiger partial charge in [0.15, 0.2) is 5.78 Å². The van der Waals surface area contributed by atoms with E-state index < -0.39 is 12.0 Å². The van der Waals surface area contributed by atoms with E-state index in [1.807, 2.05) is 12.1 Å². The number of carbonyl (C=O) groups excluding carboxylic acids is 1. The fourth-order valence-corrected chi connectivity index (χ4v) is 4.16. The second-order valence-electron chi connectivity index (χ2n) is 6.93. The van der Waals surface area contributed by atoms with Gasteiger partial charge >= 0.3 is 0 Å². The average Bonchev–Trinajstić information content (AvgIpc) is 3.22. The molecule has 0 bridgehead atoms. The van der Waals surface area contributed by atoms with Crippen LogP contribution in [0.4, 0.5) is 4.39 Å². The molecule has 1 N–H and O–H groups in total. The quantitative estimate of drug-likeness (QED) is 0.748. The van der Waals surface area contributed by atoms with Crippen LogP contribution in [-0.4, -0.2) is 27.3 Å². The molecule has 0 radical (unpaired) electrons. The van der Waals surface area contributed by atoms with Crippen molar-refractivity contribution >= 4 is 17.4 Å². The first-order chi connectivity index (χ1) is 13.0. The highest BCUT2D eigenvalue weighted by Gasteiger charge is 2.47. The molecular weight excluding hydrogens is 367 g/mol. The van der Waals surface area contributed by atoms with E-state index >= 15 is 0 Å². The van der Waals surface area contributed by atoms with Gasteiger partial charge in [0.2, 0.25) is 0 Å². The first kappa shape index (κ1) is 17.9. The lowest BCUT2D eigenvalue weighted by atomic mass is 9.72. The van der Waals surface area contributed by atoms with Crippen molar-refractivity contribution in [1.82, 2.24) is 9.78 Å². The summed E-state index contributed by atoms with van der Waals surface area (Å²) in [6.45, 7) is 1.08. The SMILES string of the molecule is Cc1c(F)cccc1[C@]1(C(=O)CO)Cc2cnn(-c3ccc(Cl)cc3)c2C1. The molecule has 0 aliphatic heterocycles. The lowest BCUT2D eigenvalue weighted by Gasteiger charge is -2.29. The second kappa shape index (κ2) is 6.59. The molecule has 6 heteroatoms. The van der Waals surface area contributed by atoms with Gasteiger partial charge in [0.25, 0.3) is 0 Å². The highest BCUT2D eigenvalue weighted by atomic mass is 35.5. The van der Waals surface area contributed by atoms with Crippen LogP contribution in [0.3, 0.4) is 0 Å². The van der Waals surface area contributed by atoms with Gasteiger partial charge in [-0.2, -0.15) is 5.10 Å². The number of fused-ring (bicyclic) bond motifs is 1. The predicted octanol–water partition coefficient (Wildman–Crippen LogP) is 3.57. The molecule has 0 saturated carbocycles. The molecule has 1 heterocycles. The zero-order valence-corrected chi connectivity index (χ0v) is 15.5. The minimum absolute atomic E-state index is 0.310. The molecule has 0 unspecified atom stereocenters. The van der Waals surface area contributed by atoms with E-state index in [4.69, 9.17) is 11.6 Å². The smallest absolute Gasteiger partial charge is 0.169 e. The number of hydrogen-bond acceptors (Lipinski definition) is 3. The maximum absolute atomic E-state index is 14.2. The summed E-state index contributed by atoms with van der Waals surface area (Å²) in [5, 5.41) is 14.7. The molecule has 1 aromatic heterocycles. The van der Waals surface area contributed by atoms with E-state index in [0.29, 0.717) is 29.0 Å². The van der Waals surface area contributed by atoms with Crippen molar-refractivity contribution in [2.75, 3.05) is 6.61 Å². The van der Waals surface area contributed by atoms with Gasteiger partial charge in [-0.05, 0) is 60.4 Å². The highest BCUT2D eigenvalue weighted by molar-refractivity contribution is 6.30. The van der Waals surface area contributed by atoms with Crippen molar-refractivity contribution in [2.24, 2.45) is 0 Å². The molecular formula is C21H18ClFN2O2. The minimum Gasteiger partial charge on any atom is -0.389 e. The van der Waals surface area contributed by atoms with Gasteiger partial charge in [-0.15, -0.1) is 0 Å². The Morgan fingerprint density at radius 2 is 2.00 bits per heavy atom. The summed E-state index contributed by atoms with van der Waals surface area (Å²) < 4.78 is 16.0. The summed E-state index contributed by atoms with van der Waals surface area (Å²) in [6, 6.07) is 12.0. The number of nitrogens with zero attached hydrogens (tertiary/aromatic N) is 2. The van der Waals surface area contributed by atoms with Gasteiger partial charge in [-0.1, -0.05) is 23.7 Å². The van der Waals surface area contributed by atoms with Crippen molar-refractivity contribution in [2.45, 2.75) is 25.2 Å². The molecule has 3 aromatic rings. The van der Waals surface area contributed by atoms with E-state index in [-0.39, 0.29) is 11.6 Å². The first-order valence-corrected chi connectivity index (χ1v) is 9.05. The van der Waals surface area contributed by atoms with Crippen molar-refractivity contribution in [3.05, 3.63) is 81.9 Å². The number of aliphatic hydroxyl groups is 1. The summed E-state index contributed by atoms with van der Waals surface area (Å²) >= 11 is 5.97. The number of aliphatic hydroxyl groups excluding tert-OH is 1. The number of Topliss-reactive ketones (excluding diaryl/α,β-unsaturated/α-hetero) is 1. The second-order valence-corrected chi connectivity index (χ2v) is 7.37. The fourth-order valence-electron chi connectivity index (χ4n) is 4.04. The first-order valence-electron chi connectivity index (χ1n) is 8.68. The van der Waals surface area contributed by atoms with Crippen LogP contribution in [0, 0.1) is 12.7 Å². The zero-order chi connectivity index (χ0) is 19.2. The van der Waals surface area contributed by atoms with Crippen LogP contribution in [0.5, 0.6) is 0 Å². The largest absolute Gasteiger partial charge is 0.389 e. The van der Waals surface area contributed by atoms with Gasteiger partial charge in [-0.25, -0.2) is 9.07 Å². The van der Waals surface area contributed by atoms with E-state index in [1.54, 1.807) is 42.1 Å². The average molecular weight is 385 g/mol. The lowest BCUT2D eigenvalue weighted by Crippen LogP contribution is -2.40. The number of hydrogen-bond donors (Lipinski definition) is 1. The lowest BCUT2D eigenvalue weighted by molar-refractivity contribution is -0.127. The summed E-state index contributed by atoms with van der Waals surface area (Å²) in [7, 11) is 0. The molecule has 4 rings (SSSR count). The summed E-state index contributed by atoms with van der Waals surface area (Å²) in [6.07, 6.45) is 2.49. The Labute approximate surface area is 161 Å². The maximum Gasteiger partial charge on any atom is 0.169 e. The number of benzene rings is 2. The Bertz CT molecular complexity index is 1030. The van der Waals surface area contributed by atoms with Crippen LogP contribution in [0.2, 0.25) is 5.02 Å². The Morgan fingerprint density at radius 1 is 1.26 bits per heavy atom. The number of rotatable bonds is 4. The van der Waals surface area contributed by atoms with E-state index in [1.165, 1.54) is 6.07 Å². The third-order valence-corrected chi connectivity index (χ3v) is 5.70. The normalized spacial score (nSPS) is 18.5. The molecule has 2 aromatic carbocycles. The number of aromatic nitrogens is 2. The molecule has 1 aliphatic rings. The molecule has 0 spiro atoms. The van der Waals surface area contributed by atoms with Crippen LogP contribution < -0.4 is 0 Å². The van der Waals surface area contributed by atoms with Gasteiger partial charge in [-0.3, -0.25) is 4.79 Å². The number of carbonyl (C=O) groups is 1. The Balaban J connectivity index is 1.83. The van der Waals surface area contributed by atoms with Gasteiger partial charge in [0.1, 0.15) is 12.4 Å². The third kappa shape index (κ3) is 2.78. The Kier molecular flexibility index (Phi) is 4.36. The number of ketones is 1. The standard InChI is InChI=1S/C21H18ClFN2O2/c1-13-17(3-2-4-18(13)23)21(20(27)12-26)9-14-11-24-25(19(14)10-21)16-7-5-15(22)6-8-16/h2-8,11,26H,9-10,12H2,1H3/t21-/m0/s1. The van der Waals surface area contributed by atoms with Crippen molar-refractivity contribution in [3.63, 3.8) is 0 Å². The molecule has 1 atom stereocenters. The molecule has 4 nitrogen and oxygen atoms in total. The van der Waals surface area contributed by atoms with Gasteiger partial charge < -0.3 is 5.11 Å². The molecule has 0 saturated heterocycles. The molecule has 0 fully saturated rings.